The maximum Gasteiger partial charge on any atom is 0.325 e. The maximum absolute atomic E-state index is 11.1. The summed E-state index contributed by atoms with van der Waals surface area (Å²) in [6.45, 7) is 0.406. The third kappa shape index (κ3) is 1.51. The first kappa shape index (κ1) is 7.78. The van der Waals surface area contributed by atoms with E-state index < -0.39 is 0 Å². The number of imidazole rings is 1. The van der Waals surface area contributed by atoms with Crippen molar-refractivity contribution in [1.82, 2.24) is 24.3 Å². The molecule has 0 aliphatic heterocycles. The highest BCUT2D eigenvalue weighted by Crippen LogP contribution is 1.90. The van der Waals surface area contributed by atoms with Crippen molar-refractivity contribution in [3.05, 3.63) is 35.0 Å². The van der Waals surface area contributed by atoms with Crippen LogP contribution in [0.5, 0.6) is 0 Å². The average Bonchev–Trinajstić information content (AvgIpc) is 2.64. The van der Waals surface area contributed by atoms with E-state index in [0.29, 0.717) is 12.4 Å². The number of hydrogen-bond donors (Lipinski definition) is 1. The number of rotatable bonds is 2. The lowest BCUT2D eigenvalue weighted by molar-refractivity contribution is 0.687. The van der Waals surface area contributed by atoms with Crippen LogP contribution in [0.15, 0.2) is 23.5 Å². The van der Waals surface area contributed by atoms with E-state index in [1.165, 1.54) is 4.57 Å². The van der Waals surface area contributed by atoms with E-state index in [0.717, 1.165) is 0 Å². The Hall–Kier alpha value is -1.85. The zero-order chi connectivity index (χ0) is 9.26. The van der Waals surface area contributed by atoms with Gasteiger partial charge in [0.25, 0.3) is 0 Å². The maximum atomic E-state index is 11.1. The molecule has 0 aromatic carbocycles. The second-order valence-corrected chi connectivity index (χ2v) is 2.73. The van der Waals surface area contributed by atoms with E-state index in [-0.39, 0.29) is 5.69 Å². The summed E-state index contributed by atoms with van der Waals surface area (Å²) in [4.78, 5) is 17.6. The van der Waals surface area contributed by atoms with Gasteiger partial charge < -0.3 is 4.98 Å². The van der Waals surface area contributed by atoms with E-state index in [4.69, 9.17) is 0 Å². The van der Waals surface area contributed by atoms with Gasteiger partial charge in [-0.1, -0.05) is 0 Å². The summed E-state index contributed by atoms with van der Waals surface area (Å²) in [7, 11) is 1.79. The van der Waals surface area contributed by atoms with Crippen molar-refractivity contribution in [3.8, 4) is 0 Å². The third-order valence-corrected chi connectivity index (χ3v) is 1.68. The molecule has 2 heterocycles. The van der Waals surface area contributed by atoms with Crippen LogP contribution in [-0.4, -0.2) is 24.3 Å². The minimum absolute atomic E-state index is 0.146. The summed E-state index contributed by atoms with van der Waals surface area (Å²) in [6.07, 6.45) is 4.86. The molecular weight excluding hydrogens is 170 g/mol. The zero-order valence-corrected chi connectivity index (χ0v) is 7.14. The molecule has 1 N–H and O–H groups in total. The van der Waals surface area contributed by atoms with Gasteiger partial charge in [-0.2, -0.15) is 5.10 Å². The SMILES string of the molecule is Cn1cnc(Cn2cc[nH]c2=O)n1. The van der Waals surface area contributed by atoms with Crippen molar-refractivity contribution >= 4 is 0 Å². The number of hydrogen-bond acceptors (Lipinski definition) is 3. The number of aromatic nitrogens is 5. The van der Waals surface area contributed by atoms with E-state index >= 15 is 0 Å². The summed E-state index contributed by atoms with van der Waals surface area (Å²) in [5.41, 5.74) is -0.146. The Morgan fingerprint density at radius 3 is 3.00 bits per heavy atom. The van der Waals surface area contributed by atoms with Gasteiger partial charge in [-0.15, -0.1) is 0 Å². The fourth-order valence-electron chi connectivity index (χ4n) is 1.08. The van der Waals surface area contributed by atoms with Gasteiger partial charge in [0.2, 0.25) is 0 Å². The minimum atomic E-state index is -0.146. The molecule has 0 atom stereocenters. The lowest BCUT2D eigenvalue weighted by atomic mass is 10.6. The topological polar surface area (TPSA) is 68.5 Å². The number of nitrogens with zero attached hydrogens (tertiary/aromatic N) is 4. The first-order valence-electron chi connectivity index (χ1n) is 3.84. The largest absolute Gasteiger partial charge is 0.325 e. The van der Waals surface area contributed by atoms with E-state index in [1.807, 2.05) is 0 Å². The van der Waals surface area contributed by atoms with Crippen LogP contribution in [0, 0.1) is 0 Å². The van der Waals surface area contributed by atoms with E-state index in [2.05, 4.69) is 15.1 Å². The first-order chi connectivity index (χ1) is 6.25. The van der Waals surface area contributed by atoms with Crippen molar-refractivity contribution in [3.63, 3.8) is 0 Å². The quantitative estimate of drug-likeness (QED) is 0.666. The van der Waals surface area contributed by atoms with Crippen LogP contribution in [0.25, 0.3) is 0 Å². The molecule has 0 radical (unpaired) electrons. The number of nitrogens with one attached hydrogen (secondary N) is 1. The monoisotopic (exact) mass is 179 g/mol. The molecule has 2 aromatic rings. The Balaban J connectivity index is 2.24. The van der Waals surface area contributed by atoms with E-state index in [1.54, 1.807) is 30.5 Å². The molecule has 0 aliphatic rings. The molecule has 0 fully saturated rings. The lowest BCUT2D eigenvalue weighted by Crippen LogP contribution is -2.17. The smallest absolute Gasteiger partial charge is 0.313 e. The van der Waals surface area contributed by atoms with Crippen LogP contribution in [0.2, 0.25) is 0 Å². The highest BCUT2D eigenvalue weighted by molar-refractivity contribution is 4.86. The minimum Gasteiger partial charge on any atom is -0.313 e. The number of aryl methyl sites for hydroxylation is 1. The lowest BCUT2D eigenvalue weighted by Gasteiger charge is -1.93. The standard InChI is InChI=1S/C7H9N5O/c1-11-5-9-6(10-11)4-12-3-2-8-7(12)13/h2-3,5H,4H2,1H3,(H,8,13). The van der Waals surface area contributed by atoms with E-state index in [9.17, 15) is 4.79 Å². The van der Waals surface area contributed by atoms with Gasteiger partial charge in [-0.3, -0.25) is 9.25 Å². The van der Waals surface area contributed by atoms with Crippen molar-refractivity contribution in [2.45, 2.75) is 6.54 Å². The molecule has 0 unspecified atom stereocenters. The summed E-state index contributed by atoms with van der Waals surface area (Å²) >= 11 is 0. The van der Waals surface area contributed by atoms with Crippen LogP contribution in [0.4, 0.5) is 0 Å². The van der Waals surface area contributed by atoms with Gasteiger partial charge in [0.1, 0.15) is 6.33 Å². The van der Waals surface area contributed by atoms with Crippen LogP contribution in [0.1, 0.15) is 5.82 Å². The van der Waals surface area contributed by atoms with Gasteiger partial charge in [0.15, 0.2) is 5.82 Å². The Kier molecular flexibility index (Phi) is 1.73. The fraction of sp³-hybridized carbons (Fsp3) is 0.286. The summed E-state index contributed by atoms with van der Waals surface area (Å²) in [5, 5.41) is 4.06. The summed E-state index contributed by atoms with van der Waals surface area (Å²) in [5.74, 6) is 0.629. The second-order valence-electron chi connectivity index (χ2n) is 2.73. The van der Waals surface area contributed by atoms with Gasteiger partial charge in [0, 0.05) is 19.4 Å². The van der Waals surface area contributed by atoms with Gasteiger partial charge in [-0.05, 0) is 0 Å². The highest BCUT2D eigenvalue weighted by Gasteiger charge is 2.01. The predicted octanol–water partition coefficient (Wildman–Crippen LogP) is -0.647. The molecule has 0 amide bonds. The van der Waals surface area contributed by atoms with Crippen molar-refractivity contribution in [1.29, 1.82) is 0 Å². The zero-order valence-electron chi connectivity index (χ0n) is 7.14. The van der Waals surface area contributed by atoms with Crippen molar-refractivity contribution < 1.29 is 0 Å². The molecule has 2 aromatic heterocycles. The summed E-state index contributed by atoms with van der Waals surface area (Å²) < 4.78 is 3.11. The normalized spacial score (nSPS) is 10.5. The molecule has 0 saturated carbocycles. The first-order valence-corrected chi connectivity index (χ1v) is 3.84. The van der Waals surface area contributed by atoms with Gasteiger partial charge >= 0.3 is 5.69 Å². The van der Waals surface area contributed by atoms with Crippen LogP contribution < -0.4 is 5.69 Å². The molecular formula is C7H9N5O. The van der Waals surface area contributed by atoms with Gasteiger partial charge in [-0.25, -0.2) is 9.78 Å². The molecule has 0 bridgehead atoms. The molecule has 6 nitrogen and oxygen atoms in total. The second kappa shape index (κ2) is 2.89. The number of aromatic amines is 1. The summed E-state index contributed by atoms with van der Waals surface area (Å²) in [6, 6.07) is 0. The Morgan fingerprint density at radius 1 is 1.62 bits per heavy atom. The Labute approximate surface area is 73.8 Å². The molecule has 0 saturated heterocycles. The predicted molar refractivity (Wildman–Crippen MR) is 45.2 cm³/mol. The van der Waals surface area contributed by atoms with Crippen molar-refractivity contribution in [2.24, 2.45) is 7.05 Å². The average molecular weight is 179 g/mol. The molecule has 6 heteroatoms. The van der Waals surface area contributed by atoms with Crippen LogP contribution in [-0.2, 0) is 13.6 Å². The van der Waals surface area contributed by atoms with Gasteiger partial charge in [0.05, 0.1) is 6.54 Å². The molecule has 0 spiro atoms. The van der Waals surface area contributed by atoms with Crippen LogP contribution in [0.3, 0.4) is 0 Å². The van der Waals surface area contributed by atoms with Crippen LogP contribution >= 0.6 is 0 Å². The Morgan fingerprint density at radius 2 is 2.46 bits per heavy atom. The molecule has 2 rings (SSSR count). The number of H-pyrrole nitrogens is 1. The molecule has 13 heavy (non-hydrogen) atoms. The fourth-order valence-corrected chi connectivity index (χ4v) is 1.08. The third-order valence-electron chi connectivity index (χ3n) is 1.68. The molecule has 0 aliphatic carbocycles. The molecule has 68 valence electrons. The Bertz CT molecular complexity index is 451. The highest BCUT2D eigenvalue weighted by atomic mass is 16.1. The van der Waals surface area contributed by atoms with Crippen molar-refractivity contribution in [2.75, 3.05) is 0 Å².